The molecule has 1 aliphatic carbocycles. The second kappa shape index (κ2) is 11.6. The van der Waals surface area contributed by atoms with Crippen LogP contribution in [0.3, 0.4) is 0 Å². The number of nitrogens with zero attached hydrogens (tertiary/aromatic N) is 3. The Bertz CT molecular complexity index is 958. The zero-order valence-corrected chi connectivity index (χ0v) is 20.5. The lowest BCUT2D eigenvalue weighted by atomic mass is 9.91. The van der Waals surface area contributed by atoms with Crippen LogP contribution >= 0.6 is 0 Å². The van der Waals surface area contributed by atoms with Crippen molar-refractivity contribution < 1.29 is 0 Å². The molecule has 0 bridgehead atoms. The summed E-state index contributed by atoms with van der Waals surface area (Å²) in [5, 5.41) is 0. The first-order valence-electron chi connectivity index (χ1n) is 12.2. The molecule has 1 unspecified atom stereocenters. The van der Waals surface area contributed by atoms with Crippen molar-refractivity contribution in [2.24, 2.45) is 16.8 Å². The first-order valence-corrected chi connectivity index (χ1v) is 12.2. The van der Waals surface area contributed by atoms with Crippen LogP contribution in [0.4, 0.5) is 0 Å². The molecular weight excluding hydrogens is 396 g/mol. The van der Waals surface area contributed by atoms with Gasteiger partial charge in [-0.15, -0.1) is 0 Å². The number of nitrogens with one attached hydrogen (secondary N) is 1. The van der Waals surface area contributed by atoms with Crippen LogP contribution in [0.2, 0.25) is 0 Å². The average molecular weight is 437 g/mol. The SMILES string of the molecule is CC1CCCCC1.CN=Cc1c(C)nc([C@@H]2CN(Cc3cccc(C)c3)CC2C)[nH]c1=O. The van der Waals surface area contributed by atoms with E-state index in [9.17, 15) is 4.79 Å². The highest BCUT2D eigenvalue weighted by Gasteiger charge is 2.32. The van der Waals surface area contributed by atoms with Crippen molar-refractivity contribution in [2.75, 3.05) is 20.1 Å². The number of H-pyrrole nitrogens is 1. The van der Waals surface area contributed by atoms with Gasteiger partial charge in [0.15, 0.2) is 0 Å². The summed E-state index contributed by atoms with van der Waals surface area (Å²) in [7, 11) is 1.66. The maximum atomic E-state index is 12.3. The van der Waals surface area contributed by atoms with E-state index >= 15 is 0 Å². The number of aromatic amines is 1. The average Bonchev–Trinajstić information content (AvgIpc) is 3.11. The number of rotatable bonds is 4. The van der Waals surface area contributed by atoms with Gasteiger partial charge < -0.3 is 4.98 Å². The first-order chi connectivity index (χ1) is 15.4. The summed E-state index contributed by atoms with van der Waals surface area (Å²) in [6.45, 7) is 11.5. The molecule has 1 aromatic carbocycles. The van der Waals surface area contributed by atoms with Crippen molar-refractivity contribution in [3.63, 3.8) is 0 Å². The fraction of sp³-hybridized carbons (Fsp3) is 0.593. The number of hydrogen-bond donors (Lipinski definition) is 1. The molecule has 2 heterocycles. The molecule has 1 saturated heterocycles. The fourth-order valence-corrected chi connectivity index (χ4v) is 5.00. The zero-order chi connectivity index (χ0) is 23.1. The maximum Gasteiger partial charge on any atom is 0.259 e. The van der Waals surface area contributed by atoms with Gasteiger partial charge in [-0.2, -0.15) is 0 Å². The lowest BCUT2D eigenvalue weighted by Gasteiger charge is -2.16. The molecule has 5 heteroatoms. The van der Waals surface area contributed by atoms with Crippen molar-refractivity contribution in [2.45, 2.75) is 72.3 Å². The molecule has 174 valence electrons. The van der Waals surface area contributed by atoms with Gasteiger partial charge >= 0.3 is 0 Å². The second-order valence-corrected chi connectivity index (χ2v) is 9.85. The van der Waals surface area contributed by atoms with E-state index < -0.39 is 0 Å². The Morgan fingerprint density at radius 2 is 1.91 bits per heavy atom. The van der Waals surface area contributed by atoms with Crippen LogP contribution in [-0.2, 0) is 6.54 Å². The van der Waals surface area contributed by atoms with Gasteiger partial charge in [0.25, 0.3) is 5.56 Å². The molecule has 1 N–H and O–H groups in total. The van der Waals surface area contributed by atoms with E-state index in [2.05, 4.69) is 64.9 Å². The van der Waals surface area contributed by atoms with Gasteiger partial charge in [-0.1, -0.05) is 75.8 Å². The van der Waals surface area contributed by atoms with Crippen molar-refractivity contribution >= 4 is 6.21 Å². The Kier molecular flexibility index (Phi) is 8.80. The molecule has 1 aliphatic heterocycles. The van der Waals surface area contributed by atoms with Crippen molar-refractivity contribution in [3.8, 4) is 0 Å². The highest BCUT2D eigenvalue weighted by Crippen LogP contribution is 2.31. The molecule has 2 fully saturated rings. The molecule has 2 aliphatic rings. The van der Waals surface area contributed by atoms with Gasteiger partial charge in [0, 0.05) is 38.8 Å². The largest absolute Gasteiger partial charge is 0.310 e. The summed E-state index contributed by atoms with van der Waals surface area (Å²) in [6, 6.07) is 8.64. The van der Waals surface area contributed by atoms with Gasteiger partial charge in [0.2, 0.25) is 0 Å². The lowest BCUT2D eigenvalue weighted by molar-refractivity contribution is 0.318. The minimum Gasteiger partial charge on any atom is -0.310 e. The standard InChI is InChI=1S/C20H26N4O.C7H14/c1-13-6-5-7-16(8-13)11-24-10-14(2)18(12-24)19-22-15(3)17(9-21-4)20(25)23-19;1-7-5-3-2-4-6-7/h5-9,14,18H,10-12H2,1-4H3,(H,22,23,25);7H,2-6H2,1H3/t14?,18-;/m1./s1. The minimum absolute atomic E-state index is 0.0996. The van der Waals surface area contributed by atoms with E-state index in [1.54, 1.807) is 13.3 Å². The number of aliphatic imine (C=N–C) groups is 1. The van der Waals surface area contributed by atoms with E-state index in [0.717, 1.165) is 37.1 Å². The molecule has 5 nitrogen and oxygen atoms in total. The summed E-state index contributed by atoms with van der Waals surface area (Å²) in [5.41, 5.74) is 3.82. The maximum absolute atomic E-state index is 12.3. The van der Waals surface area contributed by atoms with Crippen LogP contribution in [0.1, 0.15) is 80.1 Å². The number of likely N-dealkylation sites (tertiary alicyclic amines) is 1. The number of aromatic nitrogens is 2. The quantitative estimate of drug-likeness (QED) is 0.665. The van der Waals surface area contributed by atoms with Crippen LogP contribution in [-0.4, -0.2) is 41.2 Å². The topological polar surface area (TPSA) is 61.4 Å². The van der Waals surface area contributed by atoms with Crippen LogP contribution in [0, 0.1) is 25.7 Å². The van der Waals surface area contributed by atoms with Crippen LogP contribution in [0.5, 0.6) is 0 Å². The fourth-order valence-electron chi connectivity index (χ4n) is 5.00. The van der Waals surface area contributed by atoms with Gasteiger partial charge in [0.05, 0.1) is 11.3 Å². The third-order valence-corrected chi connectivity index (χ3v) is 6.84. The summed E-state index contributed by atoms with van der Waals surface area (Å²) in [5.74, 6) is 2.55. The van der Waals surface area contributed by atoms with Crippen LogP contribution in [0.15, 0.2) is 34.1 Å². The Morgan fingerprint density at radius 1 is 1.16 bits per heavy atom. The molecule has 4 rings (SSSR count). The van der Waals surface area contributed by atoms with Gasteiger partial charge in [0.1, 0.15) is 5.82 Å². The van der Waals surface area contributed by atoms with Crippen molar-refractivity contribution in [1.29, 1.82) is 0 Å². The third-order valence-electron chi connectivity index (χ3n) is 6.84. The lowest BCUT2D eigenvalue weighted by Crippen LogP contribution is -2.23. The van der Waals surface area contributed by atoms with E-state index in [-0.39, 0.29) is 11.5 Å². The van der Waals surface area contributed by atoms with Crippen molar-refractivity contribution in [1.82, 2.24) is 14.9 Å². The Labute approximate surface area is 193 Å². The molecule has 2 aromatic rings. The molecule has 0 spiro atoms. The number of hydrogen-bond acceptors (Lipinski definition) is 4. The van der Waals surface area contributed by atoms with E-state index in [1.165, 1.54) is 43.2 Å². The highest BCUT2D eigenvalue weighted by molar-refractivity contribution is 5.80. The van der Waals surface area contributed by atoms with Gasteiger partial charge in [-0.3, -0.25) is 14.7 Å². The van der Waals surface area contributed by atoms with Gasteiger partial charge in [-0.25, -0.2) is 4.98 Å². The molecule has 0 radical (unpaired) electrons. The van der Waals surface area contributed by atoms with Crippen LogP contribution in [0.25, 0.3) is 0 Å². The van der Waals surface area contributed by atoms with Gasteiger partial charge in [-0.05, 0) is 31.2 Å². The smallest absolute Gasteiger partial charge is 0.259 e. The number of aryl methyl sites for hydroxylation is 2. The number of benzene rings is 1. The summed E-state index contributed by atoms with van der Waals surface area (Å²) in [6.07, 6.45) is 9.01. The zero-order valence-electron chi connectivity index (χ0n) is 20.5. The molecule has 1 aromatic heterocycles. The van der Waals surface area contributed by atoms with E-state index in [0.29, 0.717) is 11.5 Å². The summed E-state index contributed by atoms with van der Waals surface area (Å²) >= 11 is 0. The Balaban J connectivity index is 0.000000352. The minimum atomic E-state index is -0.0996. The molecular formula is C27H40N4O. The van der Waals surface area contributed by atoms with E-state index in [1.807, 2.05) is 6.92 Å². The first kappa shape index (κ1) is 24.4. The molecule has 1 saturated carbocycles. The normalized spacial score (nSPS) is 22.2. The Morgan fingerprint density at radius 3 is 2.50 bits per heavy atom. The van der Waals surface area contributed by atoms with Crippen LogP contribution < -0.4 is 5.56 Å². The Hall–Kier alpha value is -2.27. The van der Waals surface area contributed by atoms with E-state index in [4.69, 9.17) is 0 Å². The highest BCUT2D eigenvalue weighted by atomic mass is 16.1. The summed E-state index contributed by atoms with van der Waals surface area (Å²) < 4.78 is 0. The second-order valence-electron chi connectivity index (χ2n) is 9.85. The van der Waals surface area contributed by atoms with Crippen molar-refractivity contribution in [3.05, 3.63) is 62.8 Å². The predicted octanol–water partition coefficient (Wildman–Crippen LogP) is 5.26. The molecule has 32 heavy (non-hydrogen) atoms. The molecule has 0 amide bonds. The summed E-state index contributed by atoms with van der Waals surface area (Å²) in [4.78, 5) is 26.4. The molecule has 2 atom stereocenters. The third kappa shape index (κ3) is 6.61. The predicted molar refractivity (Wildman–Crippen MR) is 134 cm³/mol. The monoisotopic (exact) mass is 436 g/mol.